The Bertz CT molecular complexity index is 3600. The van der Waals surface area contributed by atoms with Crippen LogP contribution in [0.2, 0.25) is 0 Å². The predicted molar refractivity (Wildman–Crippen MR) is 258 cm³/mol. The van der Waals surface area contributed by atoms with Gasteiger partial charge in [-0.3, -0.25) is 0 Å². The van der Waals surface area contributed by atoms with Gasteiger partial charge in [0.05, 0.1) is 33.5 Å². The maximum Gasteiger partial charge on any atom is 0.160 e. The molecule has 0 radical (unpaired) electrons. The molecule has 0 spiro atoms. The third-order valence-electron chi connectivity index (χ3n) is 12.1. The van der Waals surface area contributed by atoms with Crippen LogP contribution in [0.15, 0.2) is 231 Å². The van der Waals surface area contributed by atoms with Gasteiger partial charge in [-0.2, -0.15) is 0 Å². The van der Waals surface area contributed by atoms with Crippen molar-refractivity contribution in [2.24, 2.45) is 0 Å². The summed E-state index contributed by atoms with van der Waals surface area (Å²) >= 11 is 0. The van der Waals surface area contributed by atoms with Crippen LogP contribution in [0.4, 0.5) is 0 Å². The van der Waals surface area contributed by atoms with E-state index in [-0.39, 0.29) is 0 Å². The van der Waals surface area contributed by atoms with Gasteiger partial charge in [0.25, 0.3) is 0 Å². The van der Waals surface area contributed by atoms with Gasteiger partial charge in [-0.15, -0.1) is 0 Å². The molecule has 3 heterocycles. The van der Waals surface area contributed by atoms with Crippen LogP contribution in [-0.2, 0) is 0 Å². The van der Waals surface area contributed by atoms with E-state index in [1.807, 2.05) is 18.2 Å². The molecule has 0 amide bonds. The fourth-order valence-corrected chi connectivity index (χ4v) is 9.25. The van der Waals surface area contributed by atoms with Gasteiger partial charge in [0.2, 0.25) is 0 Å². The molecule has 0 bridgehead atoms. The Morgan fingerprint density at radius 3 is 1.40 bits per heavy atom. The highest BCUT2D eigenvalue weighted by molar-refractivity contribution is 6.19. The first-order chi connectivity index (χ1) is 30.7. The van der Waals surface area contributed by atoms with Crippen LogP contribution in [0.3, 0.4) is 0 Å². The largest absolute Gasteiger partial charge is 0.309 e. The summed E-state index contributed by atoms with van der Waals surface area (Å²) in [6, 6.07) is 82.1. The number of hydrogen-bond donors (Lipinski definition) is 0. The Balaban J connectivity index is 0.965. The second-order valence-electron chi connectivity index (χ2n) is 15.8. The Morgan fingerprint density at radius 1 is 0.258 bits per heavy atom. The van der Waals surface area contributed by atoms with E-state index in [4.69, 9.17) is 9.97 Å². The molecule has 4 heteroatoms. The van der Waals surface area contributed by atoms with Crippen molar-refractivity contribution in [1.82, 2.24) is 19.1 Å². The third-order valence-corrected chi connectivity index (χ3v) is 12.1. The van der Waals surface area contributed by atoms with Crippen LogP contribution >= 0.6 is 0 Å². The summed E-state index contributed by atoms with van der Waals surface area (Å²) in [7, 11) is 0. The molecule has 0 saturated carbocycles. The van der Waals surface area contributed by atoms with Gasteiger partial charge in [0, 0.05) is 49.6 Å². The Morgan fingerprint density at radius 2 is 0.742 bits per heavy atom. The summed E-state index contributed by atoms with van der Waals surface area (Å²) in [4.78, 5) is 10.3. The summed E-state index contributed by atoms with van der Waals surface area (Å²) in [6.45, 7) is 0. The maximum atomic E-state index is 5.16. The molecule has 0 fully saturated rings. The van der Waals surface area contributed by atoms with Gasteiger partial charge in [0.1, 0.15) is 0 Å². The van der Waals surface area contributed by atoms with Gasteiger partial charge >= 0.3 is 0 Å². The third kappa shape index (κ3) is 6.00. The Kier molecular flexibility index (Phi) is 8.46. The standard InChI is InChI=1S/C58H38N4/c1-4-17-40(18-5-1)46-25-10-11-26-47(46)53-38-52(59-58(60-53)42-19-6-2-7-20-42)41-33-31-39(32-34-41)43-21-16-24-45(35-43)62-55-30-15-13-28-49(55)51-36-56-50(37-57(51)62)48-27-12-14-29-54(48)61(56)44-22-8-3-9-23-44/h1-38H. The summed E-state index contributed by atoms with van der Waals surface area (Å²) in [6.07, 6.45) is 0. The van der Waals surface area contributed by atoms with Crippen molar-refractivity contribution in [3.05, 3.63) is 231 Å². The average Bonchev–Trinajstić information content (AvgIpc) is 3.86. The number of hydrogen-bond acceptors (Lipinski definition) is 2. The van der Waals surface area contributed by atoms with E-state index in [1.165, 1.54) is 43.6 Å². The molecular weight excluding hydrogens is 753 g/mol. The summed E-state index contributed by atoms with van der Waals surface area (Å²) in [5, 5.41) is 4.94. The molecule has 0 unspecified atom stereocenters. The van der Waals surface area contributed by atoms with Gasteiger partial charge in [-0.05, 0) is 76.9 Å². The first-order valence-electron chi connectivity index (χ1n) is 21.1. The lowest BCUT2D eigenvalue weighted by molar-refractivity contribution is 1.17. The van der Waals surface area contributed by atoms with Gasteiger partial charge in [-0.1, -0.05) is 176 Å². The molecular formula is C58H38N4. The van der Waals surface area contributed by atoms with Crippen molar-refractivity contribution < 1.29 is 0 Å². The van der Waals surface area contributed by atoms with Gasteiger partial charge in [0.15, 0.2) is 5.82 Å². The molecule has 62 heavy (non-hydrogen) atoms. The van der Waals surface area contributed by atoms with E-state index < -0.39 is 0 Å². The minimum absolute atomic E-state index is 0.700. The average molecular weight is 791 g/mol. The van der Waals surface area contributed by atoms with E-state index in [0.717, 1.165) is 61.7 Å². The fourth-order valence-electron chi connectivity index (χ4n) is 9.25. The zero-order chi connectivity index (χ0) is 41.0. The highest BCUT2D eigenvalue weighted by Crippen LogP contribution is 2.40. The zero-order valence-corrected chi connectivity index (χ0v) is 33.7. The second-order valence-corrected chi connectivity index (χ2v) is 15.8. The highest BCUT2D eigenvalue weighted by atomic mass is 15.0. The predicted octanol–water partition coefficient (Wildman–Crippen LogP) is 15.0. The van der Waals surface area contributed by atoms with E-state index in [2.05, 4.69) is 221 Å². The molecule has 290 valence electrons. The fraction of sp³-hybridized carbons (Fsp3) is 0. The van der Waals surface area contributed by atoms with Crippen molar-refractivity contribution in [1.29, 1.82) is 0 Å². The van der Waals surface area contributed by atoms with Crippen molar-refractivity contribution in [3.63, 3.8) is 0 Å². The summed E-state index contributed by atoms with van der Waals surface area (Å²) < 4.78 is 4.83. The van der Waals surface area contributed by atoms with Crippen molar-refractivity contribution in [2.75, 3.05) is 0 Å². The van der Waals surface area contributed by atoms with Crippen LogP contribution in [0, 0.1) is 0 Å². The number of nitrogens with zero attached hydrogens (tertiary/aromatic N) is 4. The minimum atomic E-state index is 0.700. The minimum Gasteiger partial charge on any atom is -0.309 e. The molecule has 0 aliphatic carbocycles. The zero-order valence-electron chi connectivity index (χ0n) is 33.7. The van der Waals surface area contributed by atoms with E-state index in [1.54, 1.807) is 0 Å². The molecule has 4 nitrogen and oxygen atoms in total. The highest BCUT2D eigenvalue weighted by Gasteiger charge is 2.19. The van der Waals surface area contributed by atoms with E-state index >= 15 is 0 Å². The molecule has 12 rings (SSSR count). The van der Waals surface area contributed by atoms with Crippen LogP contribution in [0.5, 0.6) is 0 Å². The number of para-hydroxylation sites is 3. The summed E-state index contributed by atoms with van der Waals surface area (Å²) in [5.74, 6) is 0.700. The number of rotatable bonds is 7. The molecule has 0 atom stereocenters. The molecule has 0 aliphatic heterocycles. The molecule has 0 aliphatic rings. The SMILES string of the molecule is c1ccc(-c2nc(-c3ccc(-c4cccc(-n5c6ccccc6c6cc7c(cc65)c5ccccc5n7-c5ccccc5)c4)cc3)cc(-c3ccccc3-c3ccccc3)n2)cc1. The lowest BCUT2D eigenvalue weighted by atomic mass is 9.96. The lowest BCUT2D eigenvalue weighted by Gasteiger charge is -2.13. The van der Waals surface area contributed by atoms with Gasteiger partial charge < -0.3 is 9.13 Å². The van der Waals surface area contributed by atoms with Crippen LogP contribution in [0.25, 0.3) is 111 Å². The van der Waals surface area contributed by atoms with Gasteiger partial charge in [-0.25, -0.2) is 9.97 Å². The number of fused-ring (bicyclic) bond motifs is 6. The van der Waals surface area contributed by atoms with Crippen LogP contribution in [-0.4, -0.2) is 19.1 Å². The monoisotopic (exact) mass is 790 g/mol. The Hall–Kier alpha value is -8.34. The quantitative estimate of drug-likeness (QED) is 0.161. The molecule has 3 aromatic heterocycles. The topological polar surface area (TPSA) is 35.6 Å². The number of aromatic nitrogens is 4. The smallest absolute Gasteiger partial charge is 0.160 e. The normalized spacial score (nSPS) is 11.5. The lowest BCUT2D eigenvalue weighted by Crippen LogP contribution is -1.97. The summed E-state index contributed by atoms with van der Waals surface area (Å²) in [5.41, 5.74) is 16.5. The molecule has 12 aromatic rings. The molecule has 9 aromatic carbocycles. The molecule has 0 N–H and O–H groups in total. The first kappa shape index (κ1) is 35.6. The van der Waals surface area contributed by atoms with Crippen molar-refractivity contribution in [2.45, 2.75) is 0 Å². The molecule has 0 saturated heterocycles. The first-order valence-corrected chi connectivity index (χ1v) is 21.1. The van der Waals surface area contributed by atoms with Crippen molar-refractivity contribution >= 4 is 43.6 Å². The Labute approximate surface area is 359 Å². The van der Waals surface area contributed by atoms with Crippen LogP contribution in [0.1, 0.15) is 0 Å². The van der Waals surface area contributed by atoms with E-state index in [0.29, 0.717) is 5.82 Å². The second kappa shape index (κ2) is 14.7. The van der Waals surface area contributed by atoms with E-state index in [9.17, 15) is 0 Å². The number of benzene rings is 9. The van der Waals surface area contributed by atoms with Crippen molar-refractivity contribution in [3.8, 4) is 67.5 Å². The maximum absolute atomic E-state index is 5.16. The van der Waals surface area contributed by atoms with Crippen LogP contribution < -0.4 is 0 Å².